The maximum absolute atomic E-state index is 5.74. The summed E-state index contributed by atoms with van der Waals surface area (Å²) in [6.07, 6.45) is 1.80. The van der Waals surface area contributed by atoms with Crippen LogP contribution in [-0.2, 0) is 0 Å². The first-order valence-electron chi connectivity index (χ1n) is 6.85. The van der Waals surface area contributed by atoms with Gasteiger partial charge in [0, 0.05) is 20.3 Å². The van der Waals surface area contributed by atoms with Crippen LogP contribution < -0.4 is 10.6 Å². The number of aromatic amines is 1. The SMILES string of the molecule is C[C@H](Sc1nnc(-c2ccc[nH]2)o1)c1nc(N)nc(N(C)C)n1. The summed E-state index contributed by atoms with van der Waals surface area (Å²) in [5.41, 5.74) is 6.52. The van der Waals surface area contributed by atoms with Crippen LogP contribution in [0.15, 0.2) is 28.0 Å². The van der Waals surface area contributed by atoms with Crippen molar-refractivity contribution in [1.82, 2.24) is 30.1 Å². The number of nitrogens with zero attached hydrogens (tertiary/aromatic N) is 6. The smallest absolute Gasteiger partial charge is 0.277 e. The molecule has 1 atom stereocenters. The van der Waals surface area contributed by atoms with Crippen molar-refractivity contribution in [2.24, 2.45) is 0 Å². The van der Waals surface area contributed by atoms with E-state index in [0.29, 0.717) is 22.9 Å². The van der Waals surface area contributed by atoms with Gasteiger partial charge >= 0.3 is 0 Å². The van der Waals surface area contributed by atoms with E-state index < -0.39 is 0 Å². The Labute approximate surface area is 136 Å². The molecule has 3 heterocycles. The van der Waals surface area contributed by atoms with Gasteiger partial charge in [0.15, 0.2) is 0 Å². The first kappa shape index (κ1) is 15.3. The second kappa shape index (κ2) is 6.24. The van der Waals surface area contributed by atoms with Crippen LogP contribution >= 0.6 is 11.8 Å². The molecule has 3 N–H and O–H groups in total. The van der Waals surface area contributed by atoms with E-state index in [4.69, 9.17) is 10.2 Å². The monoisotopic (exact) mass is 332 g/mol. The molecule has 0 bridgehead atoms. The minimum atomic E-state index is -0.115. The summed E-state index contributed by atoms with van der Waals surface area (Å²) < 4.78 is 5.62. The highest BCUT2D eigenvalue weighted by molar-refractivity contribution is 7.99. The molecule has 120 valence electrons. The van der Waals surface area contributed by atoms with E-state index in [9.17, 15) is 0 Å². The van der Waals surface area contributed by atoms with E-state index in [2.05, 4.69) is 30.1 Å². The number of thioether (sulfide) groups is 1. The standard InChI is InChI=1S/C13H16N8OS/c1-7(9-16-11(14)18-12(17-9)21(2)3)23-13-20-19-10(22-13)8-5-4-6-15-8/h4-7,15H,1-3H3,(H2,14,16,17,18)/t7-/m0/s1. The number of aromatic nitrogens is 6. The lowest BCUT2D eigenvalue weighted by atomic mass is 10.4. The van der Waals surface area contributed by atoms with Gasteiger partial charge in [-0.05, 0) is 19.1 Å². The quantitative estimate of drug-likeness (QED) is 0.672. The number of nitrogen functional groups attached to an aromatic ring is 1. The van der Waals surface area contributed by atoms with Crippen LogP contribution in [-0.4, -0.2) is 44.2 Å². The van der Waals surface area contributed by atoms with E-state index in [1.807, 2.05) is 33.2 Å². The Morgan fingerprint density at radius 3 is 2.78 bits per heavy atom. The predicted molar refractivity (Wildman–Crippen MR) is 86.9 cm³/mol. The van der Waals surface area contributed by atoms with Crippen LogP contribution in [0, 0.1) is 0 Å². The van der Waals surface area contributed by atoms with Gasteiger partial charge in [-0.1, -0.05) is 11.8 Å². The van der Waals surface area contributed by atoms with Crippen molar-refractivity contribution >= 4 is 23.7 Å². The van der Waals surface area contributed by atoms with Gasteiger partial charge in [-0.15, -0.1) is 10.2 Å². The van der Waals surface area contributed by atoms with Crippen molar-refractivity contribution in [3.05, 3.63) is 24.2 Å². The summed E-state index contributed by atoms with van der Waals surface area (Å²) in [6.45, 7) is 1.94. The van der Waals surface area contributed by atoms with E-state index in [1.165, 1.54) is 11.8 Å². The Bertz CT molecular complexity index is 785. The first-order chi connectivity index (χ1) is 11.0. The van der Waals surface area contributed by atoms with Crippen molar-refractivity contribution in [3.8, 4) is 11.6 Å². The summed E-state index contributed by atoms with van der Waals surface area (Å²) in [5.74, 6) is 1.70. The van der Waals surface area contributed by atoms with E-state index in [-0.39, 0.29) is 11.2 Å². The van der Waals surface area contributed by atoms with Crippen LogP contribution in [0.3, 0.4) is 0 Å². The van der Waals surface area contributed by atoms with Gasteiger partial charge in [-0.25, -0.2) is 0 Å². The maximum Gasteiger partial charge on any atom is 0.277 e. The predicted octanol–water partition coefficient (Wildman–Crippen LogP) is 1.75. The average molecular weight is 332 g/mol. The van der Waals surface area contributed by atoms with Gasteiger partial charge in [-0.2, -0.15) is 15.0 Å². The zero-order chi connectivity index (χ0) is 16.4. The number of nitrogens with two attached hydrogens (primary N) is 1. The van der Waals surface area contributed by atoms with Gasteiger partial charge in [-0.3, -0.25) is 0 Å². The fourth-order valence-corrected chi connectivity index (χ4v) is 2.54. The topological polar surface area (TPSA) is 123 Å². The highest BCUT2D eigenvalue weighted by atomic mass is 32.2. The Kier molecular flexibility index (Phi) is 4.15. The third-order valence-corrected chi connectivity index (χ3v) is 3.87. The molecule has 0 unspecified atom stereocenters. The molecule has 9 nitrogen and oxygen atoms in total. The van der Waals surface area contributed by atoms with E-state index in [1.54, 1.807) is 11.1 Å². The molecule has 3 aromatic rings. The average Bonchev–Trinajstić information content (AvgIpc) is 3.17. The van der Waals surface area contributed by atoms with Crippen molar-refractivity contribution in [1.29, 1.82) is 0 Å². The highest BCUT2D eigenvalue weighted by Gasteiger charge is 2.18. The Morgan fingerprint density at radius 2 is 2.09 bits per heavy atom. The molecule has 0 aromatic carbocycles. The molecule has 0 spiro atoms. The van der Waals surface area contributed by atoms with Crippen LogP contribution in [0.2, 0.25) is 0 Å². The molecule has 0 aliphatic carbocycles. The van der Waals surface area contributed by atoms with Crippen LogP contribution in [0.4, 0.5) is 11.9 Å². The molecule has 3 aromatic heterocycles. The second-order valence-electron chi connectivity index (χ2n) is 4.96. The fourth-order valence-electron chi connectivity index (χ4n) is 1.81. The largest absolute Gasteiger partial charge is 0.410 e. The van der Waals surface area contributed by atoms with Crippen molar-refractivity contribution in [3.63, 3.8) is 0 Å². The Balaban J connectivity index is 1.78. The minimum Gasteiger partial charge on any atom is -0.410 e. The van der Waals surface area contributed by atoms with Crippen LogP contribution in [0.5, 0.6) is 0 Å². The van der Waals surface area contributed by atoms with Crippen LogP contribution in [0.25, 0.3) is 11.6 Å². The summed E-state index contributed by atoms with van der Waals surface area (Å²) in [7, 11) is 3.69. The molecular weight excluding hydrogens is 316 g/mol. The molecular formula is C13H16N8OS. The van der Waals surface area contributed by atoms with Gasteiger partial charge in [0.25, 0.3) is 11.1 Å². The lowest BCUT2D eigenvalue weighted by molar-refractivity contribution is 0.463. The molecule has 23 heavy (non-hydrogen) atoms. The van der Waals surface area contributed by atoms with E-state index >= 15 is 0 Å². The molecule has 0 radical (unpaired) electrons. The minimum absolute atomic E-state index is 0.115. The van der Waals surface area contributed by atoms with E-state index in [0.717, 1.165) is 5.69 Å². The third-order valence-electron chi connectivity index (χ3n) is 2.93. The zero-order valence-corrected chi connectivity index (χ0v) is 13.7. The summed E-state index contributed by atoms with van der Waals surface area (Å²) in [4.78, 5) is 17.4. The summed E-state index contributed by atoms with van der Waals surface area (Å²) >= 11 is 1.36. The summed E-state index contributed by atoms with van der Waals surface area (Å²) in [5, 5.41) is 8.37. The molecule has 3 rings (SSSR count). The number of rotatable bonds is 5. The normalized spacial score (nSPS) is 12.3. The molecule has 0 amide bonds. The molecule has 0 saturated carbocycles. The first-order valence-corrected chi connectivity index (χ1v) is 7.73. The summed E-state index contributed by atoms with van der Waals surface area (Å²) in [6, 6.07) is 3.73. The molecule has 0 fully saturated rings. The zero-order valence-electron chi connectivity index (χ0n) is 12.9. The number of nitrogens with one attached hydrogen (secondary N) is 1. The molecule has 0 aliphatic heterocycles. The van der Waals surface area contributed by atoms with Gasteiger partial charge in [0.1, 0.15) is 11.5 Å². The second-order valence-corrected chi connectivity index (χ2v) is 6.26. The molecule has 0 saturated heterocycles. The molecule has 10 heteroatoms. The van der Waals surface area contributed by atoms with Gasteiger partial charge < -0.3 is 20.0 Å². The fraction of sp³-hybridized carbons (Fsp3) is 0.308. The van der Waals surface area contributed by atoms with Crippen molar-refractivity contribution in [2.75, 3.05) is 24.7 Å². The third kappa shape index (κ3) is 3.42. The van der Waals surface area contributed by atoms with Gasteiger partial charge in [0.2, 0.25) is 11.9 Å². The Hall–Kier alpha value is -2.62. The van der Waals surface area contributed by atoms with Crippen molar-refractivity contribution < 1.29 is 4.42 Å². The lowest BCUT2D eigenvalue weighted by Gasteiger charge is -2.13. The highest BCUT2D eigenvalue weighted by Crippen LogP contribution is 2.33. The Morgan fingerprint density at radius 1 is 1.26 bits per heavy atom. The number of hydrogen-bond donors (Lipinski definition) is 2. The van der Waals surface area contributed by atoms with Crippen molar-refractivity contribution in [2.45, 2.75) is 17.4 Å². The number of H-pyrrole nitrogens is 1. The van der Waals surface area contributed by atoms with Crippen LogP contribution in [0.1, 0.15) is 18.0 Å². The number of anilines is 2. The molecule has 0 aliphatic rings. The maximum atomic E-state index is 5.74. The number of hydrogen-bond acceptors (Lipinski definition) is 9. The van der Waals surface area contributed by atoms with Gasteiger partial charge in [0.05, 0.1) is 5.25 Å². The lowest BCUT2D eigenvalue weighted by Crippen LogP contribution is -2.16.